The Kier molecular flexibility index (Phi) is 7.17. The molecular weight excluding hydrogens is 378 g/mol. The first-order chi connectivity index (χ1) is 14.3. The fraction of sp³-hybridized carbons (Fsp3) is 0.560. The minimum absolute atomic E-state index is 0.0428. The van der Waals surface area contributed by atoms with Crippen LogP contribution in [0, 0.1) is 22.7 Å². The molecule has 5 heteroatoms. The van der Waals surface area contributed by atoms with Crippen LogP contribution in [-0.4, -0.2) is 37.6 Å². The quantitative estimate of drug-likeness (QED) is 0.386. The lowest BCUT2D eigenvalue weighted by Gasteiger charge is -2.49. The number of ether oxygens (including phenoxy) is 2. The Balaban J connectivity index is 1.76. The topological polar surface area (TPSA) is 67.8 Å². The van der Waals surface area contributed by atoms with Crippen LogP contribution in [0.15, 0.2) is 54.1 Å². The lowest BCUT2D eigenvalue weighted by Crippen LogP contribution is -2.51. The van der Waals surface area contributed by atoms with E-state index in [1.165, 1.54) is 5.57 Å². The standard InChI is InChI=1S/C25H35NO4/c1-18-12-21-14-20(10-11-25(21,22(27)13-18)16-30-17-29-4)24(2,3)23(28)26-15-19-8-6-5-7-9-19/h5-12,20-22,27H,13-17H2,1-4H3,(H,26,28)/t20-,21+,22+,25+/m1/s1. The van der Waals surface area contributed by atoms with Gasteiger partial charge in [0.25, 0.3) is 0 Å². The van der Waals surface area contributed by atoms with Crippen LogP contribution in [0.4, 0.5) is 0 Å². The molecule has 0 aliphatic heterocycles. The van der Waals surface area contributed by atoms with Crippen molar-refractivity contribution in [3.8, 4) is 0 Å². The predicted octanol–water partition coefficient (Wildman–Crippen LogP) is 3.84. The molecule has 2 N–H and O–H groups in total. The zero-order valence-electron chi connectivity index (χ0n) is 18.6. The number of allylic oxidation sites excluding steroid dienone is 2. The minimum atomic E-state index is -0.561. The van der Waals surface area contributed by atoms with E-state index in [2.05, 4.69) is 30.5 Å². The van der Waals surface area contributed by atoms with Crippen molar-refractivity contribution in [2.45, 2.75) is 46.3 Å². The van der Waals surface area contributed by atoms with Gasteiger partial charge in [-0.3, -0.25) is 4.79 Å². The summed E-state index contributed by atoms with van der Waals surface area (Å²) in [5.74, 6) is 0.235. The highest BCUT2D eigenvalue weighted by atomic mass is 16.7. The largest absolute Gasteiger partial charge is 0.392 e. The smallest absolute Gasteiger partial charge is 0.226 e. The average Bonchev–Trinajstić information content (AvgIpc) is 2.73. The van der Waals surface area contributed by atoms with Crippen LogP contribution in [0.25, 0.3) is 0 Å². The van der Waals surface area contributed by atoms with Crippen LogP contribution in [0.5, 0.6) is 0 Å². The highest BCUT2D eigenvalue weighted by Crippen LogP contribution is 2.51. The fourth-order valence-corrected chi connectivity index (χ4v) is 4.74. The highest BCUT2D eigenvalue weighted by molar-refractivity contribution is 5.82. The second-order valence-corrected chi connectivity index (χ2v) is 9.30. The van der Waals surface area contributed by atoms with E-state index in [-0.39, 0.29) is 24.5 Å². The second kappa shape index (κ2) is 9.46. The maximum atomic E-state index is 13.1. The lowest BCUT2D eigenvalue weighted by molar-refractivity contribution is -0.133. The Morgan fingerprint density at radius 2 is 2.03 bits per heavy atom. The molecule has 0 radical (unpaired) electrons. The van der Waals surface area contributed by atoms with Crippen molar-refractivity contribution < 1.29 is 19.4 Å². The molecule has 164 valence electrons. The molecule has 0 aromatic heterocycles. The number of nitrogens with one attached hydrogen (secondary N) is 1. The number of benzene rings is 1. The zero-order valence-corrected chi connectivity index (χ0v) is 18.6. The molecule has 2 aliphatic rings. The highest BCUT2D eigenvalue weighted by Gasteiger charge is 2.50. The molecule has 30 heavy (non-hydrogen) atoms. The van der Waals surface area contributed by atoms with Gasteiger partial charge in [0.15, 0.2) is 0 Å². The number of carbonyl (C=O) groups excluding carboxylic acids is 1. The van der Waals surface area contributed by atoms with Crippen LogP contribution in [-0.2, 0) is 20.8 Å². The van der Waals surface area contributed by atoms with E-state index in [1.54, 1.807) is 7.11 Å². The maximum absolute atomic E-state index is 13.1. The number of aliphatic hydroxyl groups is 1. The van der Waals surface area contributed by atoms with Crippen molar-refractivity contribution >= 4 is 5.91 Å². The predicted molar refractivity (Wildman–Crippen MR) is 117 cm³/mol. The molecule has 0 unspecified atom stereocenters. The summed E-state index contributed by atoms with van der Waals surface area (Å²) in [7, 11) is 1.60. The van der Waals surface area contributed by atoms with Crippen molar-refractivity contribution in [2.75, 3.05) is 20.5 Å². The molecule has 4 atom stereocenters. The third kappa shape index (κ3) is 4.69. The van der Waals surface area contributed by atoms with Crippen molar-refractivity contribution in [1.29, 1.82) is 0 Å². The summed E-state index contributed by atoms with van der Waals surface area (Å²) in [6.07, 6.45) is 7.41. The van der Waals surface area contributed by atoms with Crippen LogP contribution in [0.2, 0.25) is 0 Å². The number of rotatable bonds is 8. The van der Waals surface area contributed by atoms with Gasteiger partial charge in [-0.25, -0.2) is 0 Å². The molecule has 0 saturated carbocycles. The Labute approximate surface area is 180 Å². The summed E-state index contributed by atoms with van der Waals surface area (Å²) in [6, 6.07) is 9.95. The lowest BCUT2D eigenvalue weighted by atomic mass is 9.57. The first kappa shape index (κ1) is 22.7. The summed E-state index contributed by atoms with van der Waals surface area (Å²) in [4.78, 5) is 13.1. The van der Waals surface area contributed by atoms with E-state index < -0.39 is 16.9 Å². The van der Waals surface area contributed by atoms with Gasteiger partial charge in [0.05, 0.1) is 12.7 Å². The van der Waals surface area contributed by atoms with Gasteiger partial charge in [-0.1, -0.05) is 68.0 Å². The second-order valence-electron chi connectivity index (χ2n) is 9.30. The van der Waals surface area contributed by atoms with E-state index in [0.717, 1.165) is 12.0 Å². The summed E-state index contributed by atoms with van der Waals surface area (Å²) in [5.41, 5.74) is 1.25. The molecule has 1 aromatic carbocycles. The number of fused-ring (bicyclic) bond motifs is 1. The molecule has 0 fully saturated rings. The van der Waals surface area contributed by atoms with E-state index in [9.17, 15) is 9.90 Å². The van der Waals surface area contributed by atoms with Crippen LogP contribution in [0.3, 0.4) is 0 Å². The summed E-state index contributed by atoms with van der Waals surface area (Å²) in [6.45, 7) is 7.21. The molecule has 5 nitrogen and oxygen atoms in total. The van der Waals surface area contributed by atoms with Gasteiger partial charge in [-0.2, -0.15) is 0 Å². The number of hydrogen-bond acceptors (Lipinski definition) is 4. The van der Waals surface area contributed by atoms with Gasteiger partial charge in [0.2, 0.25) is 5.91 Å². The maximum Gasteiger partial charge on any atom is 0.226 e. The monoisotopic (exact) mass is 413 g/mol. The molecule has 1 aromatic rings. The SMILES string of the molecule is COCOC[C@@]12C=C[C@@H](C(C)(C)C(=O)NCc3ccccc3)C[C@@H]1C=C(C)C[C@@H]2O. The molecule has 0 saturated heterocycles. The fourth-order valence-electron chi connectivity index (χ4n) is 4.74. The van der Waals surface area contributed by atoms with Crippen LogP contribution < -0.4 is 5.32 Å². The van der Waals surface area contributed by atoms with E-state index in [1.807, 2.05) is 44.2 Å². The summed E-state index contributed by atoms with van der Waals surface area (Å²) in [5, 5.41) is 14.0. The van der Waals surface area contributed by atoms with Gasteiger partial charge in [-0.05, 0) is 37.2 Å². The molecule has 1 amide bonds. The van der Waals surface area contributed by atoms with Crippen molar-refractivity contribution in [2.24, 2.45) is 22.7 Å². The first-order valence-corrected chi connectivity index (χ1v) is 10.7. The molecule has 0 bridgehead atoms. The molecule has 2 aliphatic carbocycles. The van der Waals surface area contributed by atoms with Gasteiger partial charge >= 0.3 is 0 Å². The van der Waals surface area contributed by atoms with Gasteiger partial charge in [0.1, 0.15) is 6.79 Å². The zero-order chi connectivity index (χ0) is 21.8. The van der Waals surface area contributed by atoms with Crippen LogP contribution in [0.1, 0.15) is 39.2 Å². The Bertz CT molecular complexity index is 786. The Morgan fingerprint density at radius 1 is 1.30 bits per heavy atom. The number of amides is 1. The van der Waals surface area contributed by atoms with Crippen molar-refractivity contribution in [3.05, 3.63) is 59.7 Å². The summed E-state index contributed by atoms with van der Waals surface area (Å²) < 4.78 is 10.7. The molecule has 0 heterocycles. The molecule has 3 rings (SSSR count). The third-order valence-electron chi connectivity index (χ3n) is 6.82. The number of carbonyl (C=O) groups is 1. The normalized spacial score (nSPS) is 28.6. The van der Waals surface area contributed by atoms with Gasteiger partial charge in [-0.15, -0.1) is 0 Å². The van der Waals surface area contributed by atoms with E-state index in [0.29, 0.717) is 19.6 Å². The first-order valence-electron chi connectivity index (χ1n) is 10.7. The average molecular weight is 414 g/mol. The summed E-state index contributed by atoms with van der Waals surface area (Å²) >= 11 is 0. The Morgan fingerprint density at radius 3 is 2.73 bits per heavy atom. The van der Waals surface area contributed by atoms with Gasteiger partial charge in [0, 0.05) is 24.5 Å². The van der Waals surface area contributed by atoms with E-state index in [4.69, 9.17) is 9.47 Å². The Hall–Kier alpha value is -1.95. The third-order valence-corrected chi connectivity index (χ3v) is 6.82. The minimum Gasteiger partial charge on any atom is -0.392 e. The van der Waals surface area contributed by atoms with Crippen molar-refractivity contribution in [3.63, 3.8) is 0 Å². The number of hydrogen-bond donors (Lipinski definition) is 2. The van der Waals surface area contributed by atoms with Gasteiger partial charge < -0.3 is 19.9 Å². The van der Waals surface area contributed by atoms with E-state index >= 15 is 0 Å². The van der Waals surface area contributed by atoms with Crippen LogP contribution >= 0.6 is 0 Å². The number of methoxy groups -OCH3 is 1. The van der Waals surface area contributed by atoms with Crippen molar-refractivity contribution in [1.82, 2.24) is 5.32 Å². The molecular formula is C25H35NO4. The number of aliphatic hydroxyl groups excluding tert-OH is 1. The molecule has 0 spiro atoms.